The van der Waals surface area contributed by atoms with Crippen LogP contribution in [0.4, 0.5) is 0 Å². The maximum absolute atomic E-state index is 11.7. The van der Waals surface area contributed by atoms with Crippen LogP contribution < -0.4 is 5.32 Å². The third kappa shape index (κ3) is 1.81. The molecule has 0 aromatic carbocycles. The smallest absolute Gasteiger partial charge is 0.231 e. The lowest BCUT2D eigenvalue weighted by atomic mass is 9.87. The minimum Gasteiger partial charge on any atom is -0.494 e. The van der Waals surface area contributed by atoms with E-state index in [1.807, 2.05) is 6.92 Å². The van der Waals surface area contributed by atoms with Gasteiger partial charge >= 0.3 is 0 Å². The summed E-state index contributed by atoms with van der Waals surface area (Å²) in [5, 5.41) is 10.7. The van der Waals surface area contributed by atoms with Gasteiger partial charge in [0, 0.05) is 18.0 Å². The highest BCUT2D eigenvalue weighted by molar-refractivity contribution is 9.11. The van der Waals surface area contributed by atoms with Gasteiger partial charge in [0.25, 0.3) is 0 Å². The molecule has 5 nitrogen and oxygen atoms in total. The monoisotopic (exact) mass is 287 g/mol. The van der Waals surface area contributed by atoms with E-state index in [0.717, 1.165) is 10.9 Å². The topological polar surface area (TPSA) is 65.4 Å². The fourth-order valence-corrected chi connectivity index (χ4v) is 2.36. The molecule has 88 valence electrons. The van der Waals surface area contributed by atoms with Gasteiger partial charge in [0.05, 0.1) is 18.2 Å². The molecule has 6 heteroatoms. The van der Waals surface area contributed by atoms with Crippen molar-refractivity contribution in [3.8, 4) is 0 Å². The van der Waals surface area contributed by atoms with Gasteiger partial charge in [-0.25, -0.2) is 0 Å². The molecule has 16 heavy (non-hydrogen) atoms. The molecule has 1 fully saturated rings. The average Bonchev–Trinajstić information content (AvgIpc) is 2.62. The number of ether oxygens (including phenoxy) is 1. The summed E-state index contributed by atoms with van der Waals surface area (Å²) >= 11 is 3.37. The number of carbonyl (C=O) groups is 1. The Balaban J connectivity index is 2.14. The van der Waals surface area contributed by atoms with Gasteiger partial charge in [0.2, 0.25) is 5.91 Å². The van der Waals surface area contributed by atoms with E-state index in [1.165, 1.54) is 4.90 Å². The Bertz CT molecular complexity index is 362. The van der Waals surface area contributed by atoms with Crippen LogP contribution in [0.3, 0.4) is 0 Å². The molecule has 2 atom stereocenters. The highest BCUT2D eigenvalue weighted by atomic mass is 79.9. The first-order valence-electron chi connectivity index (χ1n) is 5.06. The van der Waals surface area contributed by atoms with Crippen LogP contribution >= 0.6 is 15.9 Å². The Morgan fingerprint density at radius 1 is 1.75 bits per heavy atom. The van der Waals surface area contributed by atoms with E-state index in [-0.39, 0.29) is 18.0 Å². The van der Waals surface area contributed by atoms with Crippen molar-refractivity contribution < 1.29 is 9.53 Å². The summed E-state index contributed by atoms with van der Waals surface area (Å²) in [4.78, 5) is 13.0. The highest BCUT2D eigenvalue weighted by Gasteiger charge is 2.45. The molecule has 0 aliphatic carbocycles. The number of nitrogens with zero attached hydrogens (tertiary/aromatic N) is 1. The molecule has 0 bridgehead atoms. The van der Waals surface area contributed by atoms with Crippen LogP contribution in [0.25, 0.3) is 0 Å². The second-order valence-corrected chi connectivity index (χ2v) is 5.43. The molecule has 2 aliphatic rings. The maximum Gasteiger partial charge on any atom is 0.231 e. The molecule has 0 aromatic rings. The normalized spacial score (nSPS) is 34.6. The van der Waals surface area contributed by atoms with Gasteiger partial charge in [0.1, 0.15) is 6.10 Å². The van der Waals surface area contributed by atoms with E-state index in [2.05, 4.69) is 21.2 Å². The fraction of sp³-hybridized carbons (Fsp3) is 0.600. The summed E-state index contributed by atoms with van der Waals surface area (Å²) in [5.74, 6) is 0.0724. The first-order chi connectivity index (χ1) is 7.42. The number of hydrogen-bond acceptors (Lipinski definition) is 3. The van der Waals surface area contributed by atoms with Crippen molar-refractivity contribution in [3.05, 3.63) is 10.7 Å². The number of carbonyl (C=O) groups excluding carboxylic acids is 1. The Labute approximate surface area is 102 Å². The van der Waals surface area contributed by atoms with Gasteiger partial charge in [-0.15, -0.1) is 0 Å². The predicted molar refractivity (Wildman–Crippen MR) is 63.2 cm³/mol. The third-order valence-corrected chi connectivity index (χ3v) is 3.59. The minimum atomic E-state index is -0.507. The van der Waals surface area contributed by atoms with Crippen LogP contribution in [-0.2, 0) is 9.53 Å². The summed E-state index contributed by atoms with van der Waals surface area (Å²) in [7, 11) is 1.60. The van der Waals surface area contributed by atoms with Crippen molar-refractivity contribution in [2.75, 3.05) is 7.05 Å². The van der Waals surface area contributed by atoms with Crippen LogP contribution in [-0.4, -0.2) is 35.5 Å². The molecule has 2 rings (SSSR count). The zero-order valence-electron chi connectivity index (χ0n) is 9.21. The van der Waals surface area contributed by atoms with Crippen molar-refractivity contribution in [2.24, 2.45) is 0 Å². The van der Waals surface area contributed by atoms with Crippen LogP contribution in [0, 0.1) is 5.41 Å². The molecular weight excluding hydrogens is 274 g/mol. The lowest BCUT2D eigenvalue weighted by Gasteiger charge is -2.42. The van der Waals surface area contributed by atoms with Gasteiger partial charge in [-0.2, -0.15) is 0 Å². The molecule has 1 amide bonds. The van der Waals surface area contributed by atoms with E-state index >= 15 is 0 Å². The Hall–Kier alpha value is -1.04. The predicted octanol–water partition coefficient (Wildman–Crippen LogP) is 1.16. The third-order valence-electron chi connectivity index (χ3n) is 3.08. The summed E-state index contributed by atoms with van der Waals surface area (Å²) in [6.45, 7) is 1.91. The fourth-order valence-electron chi connectivity index (χ4n) is 1.96. The van der Waals surface area contributed by atoms with Crippen molar-refractivity contribution in [1.29, 1.82) is 5.41 Å². The molecule has 2 N–H and O–H groups in total. The van der Waals surface area contributed by atoms with Crippen LogP contribution in [0.2, 0.25) is 0 Å². The zero-order chi connectivity index (χ0) is 11.9. The molecule has 2 heterocycles. The number of hydrogen-bond donors (Lipinski definition) is 2. The molecular formula is C10H14BrN3O2. The van der Waals surface area contributed by atoms with Gasteiger partial charge in [-0.1, -0.05) is 15.9 Å². The number of rotatable bonds is 1. The van der Waals surface area contributed by atoms with Gasteiger partial charge in [-0.05, 0) is 6.92 Å². The van der Waals surface area contributed by atoms with Gasteiger partial charge in [0.15, 0.2) is 5.96 Å². The number of guanidine groups is 1. The SMILES string of the molecule is CN1C(=N)N[C@](C)(C2CC(Br)=CO2)CC1=O. The first-order valence-corrected chi connectivity index (χ1v) is 5.85. The number of nitrogens with one attached hydrogen (secondary N) is 2. The van der Waals surface area contributed by atoms with Crippen molar-refractivity contribution in [3.63, 3.8) is 0 Å². The van der Waals surface area contributed by atoms with Crippen molar-refractivity contribution in [1.82, 2.24) is 10.2 Å². The summed E-state index contributed by atoms with van der Waals surface area (Å²) in [6, 6.07) is 0. The minimum absolute atomic E-state index is 0.0575. The van der Waals surface area contributed by atoms with E-state index in [4.69, 9.17) is 10.1 Å². The van der Waals surface area contributed by atoms with E-state index in [0.29, 0.717) is 6.42 Å². The van der Waals surface area contributed by atoms with Crippen LogP contribution in [0.1, 0.15) is 19.8 Å². The maximum atomic E-state index is 11.7. The Morgan fingerprint density at radius 3 is 2.94 bits per heavy atom. The molecule has 1 unspecified atom stereocenters. The molecule has 2 aliphatic heterocycles. The summed E-state index contributed by atoms with van der Waals surface area (Å²) in [5.41, 5.74) is -0.507. The number of halogens is 1. The zero-order valence-corrected chi connectivity index (χ0v) is 10.8. The number of amides is 1. The molecule has 0 radical (unpaired) electrons. The van der Waals surface area contributed by atoms with Crippen molar-refractivity contribution >= 4 is 27.8 Å². The first kappa shape index (κ1) is 11.4. The summed E-state index contributed by atoms with van der Waals surface area (Å²) in [6.07, 6.45) is 2.61. The Morgan fingerprint density at radius 2 is 2.44 bits per heavy atom. The largest absolute Gasteiger partial charge is 0.494 e. The second kappa shape index (κ2) is 3.76. The van der Waals surface area contributed by atoms with Gasteiger partial charge in [-0.3, -0.25) is 15.1 Å². The van der Waals surface area contributed by atoms with Crippen LogP contribution in [0.15, 0.2) is 10.7 Å². The van der Waals surface area contributed by atoms with Crippen molar-refractivity contribution in [2.45, 2.75) is 31.4 Å². The average molecular weight is 288 g/mol. The molecule has 0 spiro atoms. The Kier molecular flexibility index (Phi) is 2.69. The second-order valence-electron chi connectivity index (χ2n) is 4.41. The quantitative estimate of drug-likeness (QED) is 0.761. The van der Waals surface area contributed by atoms with Gasteiger partial charge < -0.3 is 10.1 Å². The van der Waals surface area contributed by atoms with Crippen LogP contribution in [0.5, 0.6) is 0 Å². The van der Waals surface area contributed by atoms with E-state index in [1.54, 1.807) is 13.3 Å². The van der Waals surface area contributed by atoms with E-state index in [9.17, 15) is 4.79 Å². The highest BCUT2D eigenvalue weighted by Crippen LogP contribution is 2.33. The molecule has 1 saturated heterocycles. The van der Waals surface area contributed by atoms with E-state index < -0.39 is 5.54 Å². The standard InChI is InChI=1S/C10H14BrN3O2/c1-10(7-3-6(11)5-16-7)4-8(15)14(2)9(12)13-10/h5,7H,3-4H2,1-2H3,(H2,12,13)/t7?,10-/m0/s1. The summed E-state index contributed by atoms with van der Waals surface area (Å²) < 4.78 is 6.49. The lowest BCUT2D eigenvalue weighted by molar-refractivity contribution is -0.130. The molecule has 0 saturated carbocycles. The molecule has 0 aromatic heterocycles. The lowest BCUT2D eigenvalue weighted by Crippen LogP contribution is -2.64.